The number of hydrogen-bond acceptors (Lipinski definition) is 5. The Morgan fingerprint density at radius 2 is 2.00 bits per heavy atom. The van der Waals surface area contributed by atoms with Gasteiger partial charge in [-0.3, -0.25) is 9.71 Å². The first-order valence-electron chi connectivity index (χ1n) is 5.76. The summed E-state index contributed by atoms with van der Waals surface area (Å²) in [6.45, 7) is 1.48. The Hall–Kier alpha value is -1.99. The van der Waals surface area contributed by atoms with Gasteiger partial charge in [0.25, 0.3) is 10.0 Å². The van der Waals surface area contributed by atoms with Crippen LogP contribution in [-0.4, -0.2) is 18.4 Å². The molecule has 2 heterocycles. The largest absolute Gasteiger partial charge is 0.309 e. The summed E-state index contributed by atoms with van der Waals surface area (Å²) in [5, 5.41) is 3.18. The second-order valence-electron chi connectivity index (χ2n) is 4.23. The molecular weight excluding hydrogens is 264 g/mol. The van der Waals surface area contributed by atoms with E-state index in [0.717, 1.165) is 17.7 Å². The van der Waals surface area contributed by atoms with Gasteiger partial charge in [0.15, 0.2) is 5.82 Å². The highest BCUT2D eigenvalue weighted by molar-refractivity contribution is 7.92. The molecule has 1 aromatic heterocycles. The molecular formula is C12H12N4O2S. The highest BCUT2D eigenvalue weighted by Crippen LogP contribution is 2.21. The molecule has 7 heteroatoms. The van der Waals surface area contributed by atoms with E-state index in [4.69, 9.17) is 0 Å². The molecule has 0 radical (unpaired) electrons. The Kier molecular flexibility index (Phi) is 2.92. The SMILES string of the molecule is O=S(=O)(Nc1cnccn1)c1ccc2c(c1)CNC2. The van der Waals surface area contributed by atoms with Gasteiger partial charge in [-0.15, -0.1) is 0 Å². The van der Waals surface area contributed by atoms with Gasteiger partial charge >= 0.3 is 0 Å². The van der Waals surface area contributed by atoms with Gasteiger partial charge in [0, 0.05) is 25.5 Å². The number of aromatic nitrogens is 2. The minimum Gasteiger partial charge on any atom is -0.309 e. The first-order valence-corrected chi connectivity index (χ1v) is 7.25. The second kappa shape index (κ2) is 4.60. The van der Waals surface area contributed by atoms with Crippen molar-refractivity contribution < 1.29 is 8.42 Å². The number of fused-ring (bicyclic) bond motifs is 1. The van der Waals surface area contributed by atoms with Crippen LogP contribution in [-0.2, 0) is 23.1 Å². The lowest BCUT2D eigenvalue weighted by molar-refractivity contribution is 0.601. The summed E-state index contributed by atoms with van der Waals surface area (Å²) in [6.07, 6.45) is 4.29. The van der Waals surface area contributed by atoms with Crippen LogP contribution in [0.3, 0.4) is 0 Å². The van der Waals surface area contributed by atoms with Crippen LogP contribution in [0.4, 0.5) is 5.82 Å². The van der Waals surface area contributed by atoms with E-state index >= 15 is 0 Å². The number of hydrogen-bond donors (Lipinski definition) is 2. The number of benzene rings is 1. The van der Waals surface area contributed by atoms with Gasteiger partial charge in [-0.25, -0.2) is 13.4 Å². The number of sulfonamides is 1. The van der Waals surface area contributed by atoms with Crippen molar-refractivity contribution in [1.29, 1.82) is 0 Å². The summed E-state index contributed by atoms with van der Waals surface area (Å²) in [6, 6.07) is 5.12. The lowest BCUT2D eigenvalue weighted by Gasteiger charge is -2.08. The number of rotatable bonds is 3. The third kappa shape index (κ3) is 2.42. The predicted molar refractivity (Wildman–Crippen MR) is 69.8 cm³/mol. The van der Waals surface area contributed by atoms with Gasteiger partial charge in [0.05, 0.1) is 11.1 Å². The van der Waals surface area contributed by atoms with Crippen molar-refractivity contribution in [2.24, 2.45) is 0 Å². The Labute approximate surface area is 111 Å². The maximum absolute atomic E-state index is 12.2. The Morgan fingerprint density at radius 3 is 2.79 bits per heavy atom. The molecule has 0 spiro atoms. The zero-order valence-corrected chi connectivity index (χ0v) is 10.8. The van der Waals surface area contributed by atoms with Crippen molar-refractivity contribution in [2.75, 3.05) is 4.72 Å². The molecule has 0 aliphatic carbocycles. The van der Waals surface area contributed by atoms with Gasteiger partial charge in [0.1, 0.15) is 0 Å². The number of anilines is 1. The van der Waals surface area contributed by atoms with Crippen molar-refractivity contribution in [3.63, 3.8) is 0 Å². The fourth-order valence-corrected chi connectivity index (χ4v) is 3.03. The third-order valence-corrected chi connectivity index (χ3v) is 4.27. The molecule has 19 heavy (non-hydrogen) atoms. The molecule has 1 aliphatic heterocycles. The summed E-state index contributed by atoms with van der Waals surface area (Å²) < 4.78 is 26.8. The van der Waals surface area contributed by atoms with Crippen molar-refractivity contribution in [3.8, 4) is 0 Å². The van der Waals surface area contributed by atoms with Crippen LogP contribution >= 0.6 is 0 Å². The van der Waals surface area contributed by atoms with Crippen LogP contribution < -0.4 is 10.0 Å². The van der Waals surface area contributed by atoms with Crippen molar-refractivity contribution in [2.45, 2.75) is 18.0 Å². The molecule has 0 saturated heterocycles. The van der Waals surface area contributed by atoms with Crippen LogP contribution in [0.15, 0.2) is 41.7 Å². The molecule has 0 bridgehead atoms. The number of nitrogens with zero attached hydrogens (tertiary/aromatic N) is 2. The summed E-state index contributed by atoms with van der Waals surface area (Å²) in [7, 11) is -3.62. The second-order valence-corrected chi connectivity index (χ2v) is 5.91. The van der Waals surface area contributed by atoms with E-state index in [1.807, 2.05) is 6.07 Å². The van der Waals surface area contributed by atoms with Gasteiger partial charge in [-0.05, 0) is 23.3 Å². The van der Waals surface area contributed by atoms with Gasteiger partial charge < -0.3 is 5.32 Å². The maximum atomic E-state index is 12.2. The van der Waals surface area contributed by atoms with Gasteiger partial charge in [-0.1, -0.05) is 6.07 Å². The van der Waals surface area contributed by atoms with E-state index in [0.29, 0.717) is 6.54 Å². The van der Waals surface area contributed by atoms with E-state index in [1.165, 1.54) is 18.6 Å². The van der Waals surface area contributed by atoms with E-state index < -0.39 is 10.0 Å². The normalized spacial score (nSPS) is 14.1. The lowest BCUT2D eigenvalue weighted by atomic mass is 10.1. The molecule has 0 fully saturated rings. The lowest BCUT2D eigenvalue weighted by Crippen LogP contribution is -2.14. The van der Waals surface area contributed by atoms with Crippen LogP contribution in [0.2, 0.25) is 0 Å². The molecule has 2 aromatic rings. The Balaban J connectivity index is 1.92. The summed E-state index contributed by atoms with van der Waals surface area (Å²) in [5.41, 5.74) is 2.15. The van der Waals surface area contributed by atoms with E-state index in [9.17, 15) is 8.42 Å². The topological polar surface area (TPSA) is 84.0 Å². The quantitative estimate of drug-likeness (QED) is 0.869. The molecule has 0 saturated carbocycles. The standard InChI is InChI=1S/C12H12N4O2S/c17-19(18,16-12-8-13-3-4-15-12)11-2-1-9-6-14-7-10(9)5-11/h1-5,8,14H,6-7H2,(H,15,16). The van der Waals surface area contributed by atoms with Gasteiger partial charge in [-0.2, -0.15) is 0 Å². The Morgan fingerprint density at radius 1 is 1.16 bits per heavy atom. The molecule has 2 N–H and O–H groups in total. The minimum absolute atomic E-state index is 0.209. The van der Waals surface area contributed by atoms with Crippen LogP contribution in [0.25, 0.3) is 0 Å². The first-order chi connectivity index (χ1) is 9.15. The minimum atomic E-state index is -3.62. The summed E-state index contributed by atoms with van der Waals surface area (Å²) in [5.74, 6) is 0.209. The van der Waals surface area contributed by atoms with Crippen molar-refractivity contribution in [1.82, 2.24) is 15.3 Å². The van der Waals surface area contributed by atoms with Gasteiger partial charge in [0.2, 0.25) is 0 Å². The molecule has 0 unspecified atom stereocenters. The average Bonchev–Trinajstić information content (AvgIpc) is 2.86. The van der Waals surface area contributed by atoms with Crippen LogP contribution in [0.1, 0.15) is 11.1 Å². The molecule has 0 atom stereocenters. The van der Waals surface area contributed by atoms with Crippen LogP contribution in [0.5, 0.6) is 0 Å². The fraction of sp³-hybridized carbons (Fsp3) is 0.167. The molecule has 0 amide bonds. The molecule has 98 valence electrons. The monoisotopic (exact) mass is 276 g/mol. The molecule has 3 rings (SSSR count). The maximum Gasteiger partial charge on any atom is 0.263 e. The highest BCUT2D eigenvalue weighted by atomic mass is 32.2. The summed E-state index contributed by atoms with van der Waals surface area (Å²) in [4.78, 5) is 7.95. The zero-order valence-electron chi connectivity index (χ0n) is 10.00. The van der Waals surface area contributed by atoms with E-state index in [1.54, 1.807) is 12.1 Å². The molecule has 6 nitrogen and oxygen atoms in total. The van der Waals surface area contributed by atoms with Crippen molar-refractivity contribution in [3.05, 3.63) is 47.9 Å². The van der Waals surface area contributed by atoms with E-state index in [-0.39, 0.29) is 10.7 Å². The number of nitrogens with one attached hydrogen (secondary N) is 2. The Bertz CT molecular complexity index is 701. The third-order valence-electron chi connectivity index (χ3n) is 2.92. The zero-order chi connectivity index (χ0) is 13.3. The predicted octanol–water partition coefficient (Wildman–Crippen LogP) is 0.881. The smallest absolute Gasteiger partial charge is 0.263 e. The molecule has 1 aliphatic rings. The average molecular weight is 276 g/mol. The van der Waals surface area contributed by atoms with Crippen LogP contribution in [0, 0.1) is 0 Å². The first kappa shape index (κ1) is 12.1. The molecule has 1 aromatic carbocycles. The highest BCUT2D eigenvalue weighted by Gasteiger charge is 2.18. The fourth-order valence-electron chi connectivity index (χ4n) is 1.99. The van der Waals surface area contributed by atoms with Crippen molar-refractivity contribution >= 4 is 15.8 Å². The summed E-state index contributed by atoms with van der Waals surface area (Å²) >= 11 is 0. The van der Waals surface area contributed by atoms with E-state index in [2.05, 4.69) is 20.0 Å².